The number of rotatable bonds is 1. The van der Waals surface area contributed by atoms with E-state index in [0.717, 1.165) is 0 Å². The second-order valence-corrected chi connectivity index (χ2v) is 3.63. The zero-order valence-corrected chi connectivity index (χ0v) is 7.09. The Balaban J connectivity index is 2.63. The van der Waals surface area contributed by atoms with E-state index >= 15 is 0 Å². The summed E-state index contributed by atoms with van der Waals surface area (Å²) in [5.41, 5.74) is 0. The monoisotopic (exact) mass is 176 g/mol. The molecule has 5 atom stereocenters. The molecule has 1 aliphatic carbocycles. The molecule has 0 amide bonds. The SMILES string of the molecule is CC1C[C@H](CO)[C@@H](O)[C@H](O)[C@@H]1O. The van der Waals surface area contributed by atoms with Crippen molar-refractivity contribution in [2.75, 3.05) is 6.61 Å². The molecule has 4 N–H and O–H groups in total. The fourth-order valence-corrected chi connectivity index (χ4v) is 1.76. The molecule has 12 heavy (non-hydrogen) atoms. The van der Waals surface area contributed by atoms with Gasteiger partial charge in [0.25, 0.3) is 0 Å². The highest BCUT2D eigenvalue weighted by molar-refractivity contribution is 4.90. The van der Waals surface area contributed by atoms with Crippen LogP contribution in [0.4, 0.5) is 0 Å². The lowest BCUT2D eigenvalue weighted by Gasteiger charge is -2.38. The first kappa shape index (κ1) is 9.92. The molecular weight excluding hydrogens is 160 g/mol. The second-order valence-electron chi connectivity index (χ2n) is 3.63. The molecule has 1 fully saturated rings. The topological polar surface area (TPSA) is 80.9 Å². The molecule has 1 aliphatic rings. The van der Waals surface area contributed by atoms with E-state index in [4.69, 9.17) is 5.11 Å². The molecule has 0 saturated heterocycles. The molecule has 4 heteroatoms. The minimum Gasteiger partial charge on any atom is -0.396 e. The molecule has 0 heterocycles. The quantitative estimate of drug-likeness (QED) is 0.401. The van der Waals surface area contributed by atoms with Gasteiger partial charge >= 0.3 is 0 Å². The molecule has 72 valence electrons. The van der Waals surface area contributed by atoms with Crippen LogP contribution in [0, 0.1) is 11.8 Å². The first-order chi connectivity index (χ1) is 5.57. The van der Waals surface area contributed by atoms with Gasteiger partial charge in [-0.2, -0.15) is 0 Å². The van der Waals surface area contributed by atoms with Crippen LogP contribution in [0.3, 0.4) is 0 Å². The Morgan fingerprint density at radius 3 is 2.17 bits per heavy atom. The van der Waals surface area contributed by atoms with Gasteiger partial charge in [0.15, 0.2) is 0 Å². The minimum absolute atomic E-state index is 0.0689. The van der Waals surface area contributed by atoms with Gasteiger partial charge in [-0.15, -0.1) is 0 Å². The van der Waals surface area contributed by atoms with E-state index in [0.29, 0.717) is 6.42 Å². The Morgan fingerprint density at radius 1 is 1.08 bits per heavy atom. The van der Waals surface area contributed by atoms with Crippen molar-refractivity contribution in [3.8, 4) is 0 Å². The summed E-state index contributed by atoms with van der Waals surface area (Å²) in [4.78, 5) is 0. The third-order valence-corrected chi connectivity index (χ3v) is 2.67. The smallest absolute Gasteiger partial charge is 0.106 e. The molecule has 0 radical (unpaired) electrons. The van der Waals surface area contributed by atoms with E-state index in [-0.39, 0.29) is 18.4 Å². The van der Waals surface area contributed by atoms with Gasteiger partial charge in [-0.25, -0.2) is 0 Å². The van der Waals surface area contributed by atoms with E-state index < -0.39 is 18.3 Å². The zero-order chi connectivity index (χ0) is 9.30. The average molecular weight is 176 g/mol. The van der Waals surface area contributed by atoms with Gasteiger partial charge in [0.1, 0.15) is 6.10 Å². The molecular formula is C8H16O4. The van der Waals surface area contributed by atoms with E-state index in [2.05, 4.69) is 0 Å². The van der Waals surface area contributed by atoms with Gasteiger partial charge < -0.3 is 20.4 Å². The van der Waals surface area contributed by atoms with Crippen molar-refractivity contribution >= 4 is 0 Å². The highest BCUT2D eigenvalue weighted by Crippen LogP contribution is 2.29. The fourth-order valence-electron chi connectivity index (χ4n) is 1.76. The van der Waals surface area contributed by atoms with Crippen LogP contribution >= 0.6 is 0 Å². The predicted molar refractivity (Wildman–Crippen MR) is 42.4 cm³/mol. The van der Waals surface area contributed by atoms with Crippen molar-refractivity contribution in [3.05, 3.63) is 0 Å². The van der Waals surface area contributed by atoms with E-state index in [9.17, 15) is 15.3 Å². The van der Waals surface area contributed by atoms with Crippen LogP contribution < -0.4 is 0 Å². The molecule has 0 aromatic rings. The Kier molecular flexibility index (Phi) is 3.06. The molecule has 1 unspecified atom stereocenters. The lowest BCUT2D eigenvalue weighted by atomic mass is 9.77. The number of aliphatic hydroxyl groups excluding tert-OH is 4. The summed E-state index contributed by atoms with van der Waals surface area (Å²) in [5.74, 6) is -0.376. The summed E-state index contributed by atoms with van der Waals surface area (Å²) in [7, 11) is 0. The largest absolute Gasteiger partial charge is 0.396 e. The van der Waals surface area contributed by atoms with Crippen LogP contribution in [0.2, 0.25) is 0 Å². The maximum Gasteiger partial charge on any atom is 0.106 e. The first-order valence-electron chi connectivity index (χ1n) is 4.23. The highest BCUT2D eigenvalue weighted by atomic mass is 16.4. The van der Waals surface area contributed by atoms with Gasteiger partial charge in [0.05, 0.1) is 12.2 Å². The lowest BCUT2D eigenvalue weighted by molar-refractivity contribution is -0.138. The third-order valence-electron chi connectivity index (χ3n) is 2.67. The average Bonchev–Trinajstić information content (AvgIpc) is 2.08. The maximum absolute atomic E-state index is 9.36. The molecule has 0 aromatic heterocycles. The molecule has 4 nitrogen and oxygen atoms in total. The van der Waals surface area contributed by atoms with Crippen molar-refractivity contribution in [2.45, 2.75) is 31.7 Å². The van der Waals surface area contributed by atoms with Crippen LogP contribution in [0.1, 0.15) is 13.3 Å². The summed E-state index contributed by atoms with van der Waals surface area (Å²) in [6.07, 6.45) is -2.44. The zero-order valence-electron chi connectivity index (χ0n) is 7.09. The van der Waals surface area contributed by atoms with Crippen molar-refractivity contribution in [3.63, 3.8) is 0 Å². The number of hydrogen-bond donors (Lipinski definition) is 4. The van der Waals surface area contributed by atoms with E-state index in [1.165, 1.54) is 0 Å². The third kappa shape index (κ3) is 1.61. The molecule has 1 rings (SSSR count). The van der Waals surface area contributed by atoms with E-state index in [1.807, 2.05) is 0 Å². The Bertz CT molecular complexity index is 145. The van der Waals surface area contributed by atoms with Crippen LogP contribution in [0.5, 0.6) is 0 Å². The Labute approximate surface area is 71.5 Å². The van der Waals surface area contributed by atoms with Crippen LogP contribution in [-0.2, 0) is 0 Å². The van der Waals surface area contributed by atoms with Crippen molar-refractivity contribution in [1.29, 1.82) is 0 Å². The Hall–Kier alpha value is -0.160. The van der Waals surface area contributed by atoms with Crippen LogP contribution in [0.25, 0.3) is 0 Å². The fraction of sp³-hybridized carbons (Fsp3) is 1.00. The normalized spacial score (nSPS) is 49.2. The number of hydrogen-bond acceptors (Lipinski definition) is 4. The van der Waals surface area contributed by atoms with Crippen molar-refractivity contribution in [1.82, 2.24) is 0 Å². The Morgan fingerprint density at radius 2 is 1.67 bits per heavy atom. The molecule has 0 aromatic carbocycles. The molecule has 0 aliphatic heterocycles. The standard InChI is InChI=1S/C8H16O4/c1-4-2-5(3-9)7(11)8(12)6(4)10/h4-12H,2-3H2,1H3/t4?,5-,6-,7-,8-/m1/s1. The highest BCUT2D eigenvalue weighted by Gasteiger charge is 2.40. The van der Waals surface area contributed by atoms with Crippen molar-refractivity contribution < 1.29 is 20.4 Å². The van der Waals surface area contributed by atoms with Gasteiger partial charge in [-0.1, -0.05) is 6.92 Å². The molecule has 1 saturated carbocycles. The van der Waals surface area contributed by atoms with Gasteiger partial charge in [-0.05, 0) is 12.3 Å². The van der Waals surface area contributed by atoms with Crippen LogP contribution in [0.15, 0.2) is 0 Å². The van der Waals surface area contributed by atoms with E-state index in [1.54, 1.807) is 6.92 Å². The summed E-state index contributed by atoms with van der Waals surface area (Å²) in [6.45, 7) is 1.65. The van der Waals surface area contributed by atoms with Crippen LogP contribution in [-0.4, -0.2) is 45.3 Å². The summed E-state index contributed by atoms with van der Waals surface area (Å²) >= 11 is 0. The summed E-state index contributed by atoms with van der Waals surface area (Å²) in [5, 5.41) is 36.8. The summed E-state index contributed by atoms with van der Waals surface area (Å²) < 4.78 is 0. The molecule has 0 bridgehead atoms. The lowest BCUT2D eigenvalue weighted by Crippen LogP contribution is -2.51. The second kappa shape index (κ2) is 3.70. The van der Waals surface area contributed by atoms with Crippen molar-refractivity contribution in [2.24, 2.45) is 11.8 Å². The minimum atomic E-state index is -1.12. The molecule has 0 spiro atoms. The van der Waals surface area contributed by atoms with Gasteiger partial charge in [-0.3, -0.25) is 0 Å². The van der Waals surface area contributed by atoms with Gasteiger partial charge in [0, 0.05) is 12.5 Å². The number of aliphatic hydroxyl groups is 4. The predicted octanol–water partition coefficient (Wildman–Crippen LogP) is -1.28. The van der Waals surface area contributed by atoms with Gasteiger partial charge in [0.2, 0.25) is 0 Å². The summed E-state index contributed by atoms with van der Waals surface area (Å²) in [6, 6.07) is 0. The first-order valence-corrected chi connectivity index (χ1v) is 4.23. The maximum atomic E-state index is 9.36.